The molecule has 4 nitrogen and oxygen atoms in total. The van der Waals surface area contributed by atoms with E-state index in [1.54, 1.807) is 30.3 Å². The first-order chi connectivity index (χ1) is 13.5. The number of aliphatic hydroxyl groups is 1. The van der Waals surface area contributed by atoms with E-state index in [1.807, 2.05) is 17.0 Å². The Morgan fingerprint density at radius 3 is 2.46 bits per heavy atom. The van der Waals surface area contributed by atoms with Crippen molar-refractivity contribution >= 4 is 23.0 Å². The molecule has 0 fully saturated rings. The zero-order valence-corrected chi connectivity index (χ0v) is 16.0. The maximum Gasteiger partial charge on any atom is 0.138 e. The lowest BCUT2D eigenvalue weighted by Crippen LogP contribution is -2.30. The van der Waals surface area contributed by atoms with Gasteiger partial charge in [-0.1, -0.05) is 62.9 Å². The highest BCUT2D eigenvalue weighted by Gasteiger charge is 2.23. The van der Waals surface area contributed by atoms with Crippen LogP contribution in [0.5, 0.6) is 0 Å². The normalized spacial score (nSPS) is 13.1. The summed E-state index contributed by atoms with van der Waals surface area (Å²) in [6.45, 7) is 10.5. The van der Waals surface area contributed by atoms with Gasteiger partial charge in [0, 0.05) is 23.4 Å². The molecule has 0 spiro atoms. The van der Waals surface area contributed by atoms with Gasteiger partial charge < -0.3 is 10.0 Å². The summed E-state index contributed by atoms with van der Waals surface area (Å²) in [5.74, 6) is 0.490. The smallest absolute Gasteiger partial charge is 0.138 e. The SMILES string of the molecule is C=C(O)c1ccc(C2=NN=C(N(CCCC)C(=C)c3ccccc3F)C2)cc1. The number of rotatable bonds is 7. The van der Waals surface area contributed by atoms with Gasteiger partial charge in [-0.2, -0.15) is 5.10 Å². The molecule has 0 radical (unpaired) electrons. The molecule has 0 bridgehead atoms. The second-order valence-electron chi connectivity index (χ2n) is 6.70. The van der Waals surface area contributed by atoms with Crippen molar-refractivity contribution < 1.29 is 9.50 Å². The number of amidine groups is 1. The standard InChI is InChI=1S/C23H24FN3O/c1-4-5-14-27(16(2)20-8-6-7-9-21(20)24)23-15-22(25-26-23)19-12-10-18(11-13-19)17(3)28/h6-13,28H,2-5,14-15H2,1H3. The highest BCUT2D eigenvalue weighted by atomic mass is 19.1. The maximum atomic E-state index is 14.3. The van der Waals surface area contributed by atoms with Gasteiger partial charge in [0.1, 0.15) is 17.4 Å². The summed E-state index contributed by atoms with van der Waals surface area (Å²) < 4.78 is 14.3. The molecule has 0 unspecified atom stereocenters. The number of hydrogen-bond donors (Lipinski definition) is 1. The quantitative estimate of drug-likeness (QED) is 0.635. The molecule has 1 aliphatic heterocycles. The fourth-order valence-corrected chi connectivity index (χ4v) is 3.08. The van der Waals surface area contributed by atoms with Gasteiger partial charge >= 0.3 is 0 Å². The topological polar surface area (TPSA) is 48.2 Å². The van der Waals surface area contributed by atoms with E-state index >= 15 is 0 Å². The molecule has 1 N–H and O–H groups in total. The summed E-state index contributed by atoms with van der Waals surface area (Å²) in [7, 11) is 0. The van der Waals surface area contributed by atoms with Crippen molar-refractivity contribution in [2.75, 3.05) is 6.54 Å². The monoisotopic (exact) mass is 377 g/mol. The van der Waals surface area contributed by atoms with E-state index in [0.717, 1.165) is 30.0 Å². The van der Waals surface area contributed by atoms with E-state index in [1.165, 1.54) is 6.07 Å². The molecule has 3 rings (SSSR count). The van der Waals surface area contributed by atoms with Crippen LogP contribution in [0, 0.1) is 5.82 Å². The molecule has 5 heteroatoms. The van der Waals surface area contributed by atoms with Crippen molar-refractivity contribution in [1.29, 1.82) is 0 Å². The van der Waals surface area contributed by atoms with Crippen molar-refractivity contribution in [2.24, 2.45) is 10.2 Å². The number of halogens is 1. The molecule has 2 aromatic rings. The Hall–Kier alpha value is -3.21. The average Bonchev–Trinajstić information content (AvgIpc) is 3.18. The van der Waals surface area contributed by atoms with E-state index in [9.17, 15) is 9.50 Å². The molecule has 1 heterocycles. The average molecular weight is 377 g/mol. The Kier molecular flexibility index (Phi) is 6.04. The molecule has 28 heavy (non-hydrogen) atoms. The molecule has 0 saturated heterocycles. The van der Waals surface area contributed by atoms with Crippen LogP contribution in [0.4, 0.5) is 4.39 Å². The van der Waals surface area contributed by atoms with Gasteiger partial charge in [-0.3, -0.25) is 0 Å². The summed E-state index contributed by atoms with van der Waals surface area (Å²) in [6.07, 6.45) is 2.49. The van der Waals surface area contributed by atoms with Crippen LogP contribution in [0.1, 0.15) is 42.9 Å². The fourth-order valence-electron chi connectivity index (χ4n) is 3.08. The lowest BCUT2D eigenvalue weighted by Gasteiger charge is -2.26. The Bertz CT molecular complexity index is 945. The fraction of sp³-hybridized carbons (Fsp3) is 0.217. The minimum atomic E-state index is -0.298. The molecule has 144 valence electrons. The number of unbranched alkanes of at least 4 members (excludes halogenated alkanes) is 1. The van der Waals surface area contributed by atoms with Gasteiger partial charge in [-0.15, -0.1) is 5.10 Å². The number of aliphatic hydroxyl groups excluding tert-OH is 1. The number of benzene rings is 2. The van der Waals surface area contributed by atoms with Crippen LogP contribution in [-0.2, 0) is 0 Å². The summed E-state index contributed by atoms with van der Waals surface area (Å²) in [5, 5.41) is 18.2. The third-order valence-corrected chi connectivity index (χ3v) is 4.72. The summed E-state index contributed by atoms with van der Waals surface area (Å²) >= 11 is 0. The van der Waals surface area contributed by atoms with Gasteiger partial charge in [-0.25, -0.2) is 4.39 Å². The molecule has 0 saturated carbocycles. The second-order valence-corrected chi connectivity index (χ2v) is 6.70. The highest BCUT2D eigenvalue weighted by Crippen LogP contribution is 2.25. The first-order valence-electron chi connectivity index (χ1n) is 9.34. The van der Waals surface area contributed by atoms with Gasteiger partial charge in [-0.05, 0) is 24.1 Å². The van der Waals surface area contributed by atoms with Gasteiger partial charge in [0.15, 0.2) is 0 Å². The van der Waals surface area contributed by atoms with E-state index in [4.69, 9.17) is 0 Å². The zero-order valence-electron chi connectivity index (χ0n) is 16.0. The van der Waals surface area contributed by atoms with Crippen molar-refractivity contribution in [3.05, 3.63) is 84.2 Å². The van der Waals surface area contributed by atoms with Crippen LogP contribution >= 0.6 is 0 Å². The molecular weight excluding hydrogens is 353 g/mol. The third-order valence-electron chi connectivity index (χ3n) is 4.72. The van der Waals surface area contributed by atoms with Gasteiger partial charge in [0.05, 0.1) is 12.1 Å². The van der Waals surface area contributed by atoms with Crippen molar-refractivity contribution in [2.45, 2.75) is 26.2 Å². The molecule has 0 aromatic heterocycles. The Balaban J connectivity index is 1.79. The van der Waals surface area contributed by atoms with E-state index < -0.39 is 0 Å². The first kappa shape index (κ1) is 19.5. The minimum Gasteiger partial charge on any atom is -0.508 e. The van der Waals surface area contributed by atoms with Crippen LogP contribution in [0.15, 0.2) is 71.9 Å². The molecule has 1 aliphatic rings. The van der Waals surface area contributed by atoms with Crippen LogP contribution < -0.4 is 0 Å². The molecule has 0 atom stereocenters. The van der Waals surface area contributed by atoms with Crippen LogP contribution in [0.25, 0.3) is 11.5 Å². The summed E-state index contributed by atoms with van der Waals surface area (Å²) in [6, 6.07) is 14.0. The molecule has 2 aromatic carbocycles. The Labute approximate surface area is 165 Å². The predicted octanol–water partition coefficient (Wildman–Crippen LogP) is 5.63. The summed E-state index contributed by atoms with van der Waals surface area (Å²) in [5.41, 5.74) is 3.49. The van der Waals surface area contributed by atoms with Gasteiger partial charge in [0.25, 0.3) is 0 Å². The van der Waals surface area contributed by atoms with Gasteiger partial charge in [0.2, 0.25) is 0 Å². The molecule has 0 amide bonds. The molecular formula is C23H24FN3O. The minimum absolute atomic E-state index is 0.0313. The lowest BCUT2D eigenvalue weighted by atomic mass is 10.0. The van der Waals surface area contributed by atoms with E-state index in [0.29, 0.717) is 29.8 Å². The highest BCUT2D eigenvalue weighted by molar-refractivity contribution is 6.15. The van der Waals surface area contributed by atoms with Crippen LogP contribution in [0.2, 0.25) is 0 Å². The Morgan fingerprint density at radius 2 is 1.82 bits per heavy atom. The lowest BCUT2D eigenvalue weighted by molar-refractivity contribution is 0.514. The number of nitrogens with zero attached hydrogens (tertiary/aromatic N) is 3. The summed E-state index contributed by atoms with van der Waals surface area (Å²) in [4.78, 5) is 1.96. The maximum absolute atomic E-state index is 14.3. The van der Waals surface area contributed by atoms with Crippen LogP contribution in [-0.4, -0.2) is 28.1 Å². The van der Waals surface area contributed by atoms with E-state index in [2.05, 4.69) is 30.3 Å². The first-order valence-corrected chi connectivity index (χ1v) is 9.34. The van der Waals surface area contributed by atoms with Crippen molar-refractivity contribution in [1.82, 2.24) is 4.90 Å². The predicted molar refractivity (Wildman–Crippen MR) is 114 cm³/mol. The number of hydrogen-bond acceptors (Lipinski definition) is 4. The van der Waals surface area contributed by atoms with E-state index in [-0.39, 0.29) is 11.6 Å². The molecule has 0 aliphatic carbocycles. The largest absolute Gasteiger partial charge is 0.508 e. The zero-order chi connectivity index (χ0) is 20.1. The third kappa shape index (κ3) is 4.19. The Morgan fingerprint density at radius 1 is 1.11 bits per heavy atom. The van der Waals surface area contributed by atoms with Crippen molar-refractivity contribution in [3.63, 3.8) is 0 Å². The van der Waals surface area contributed by atoms with Crippen molar-refractivity contribution in [3.8, 4) is 0 Å². The second kappa shape index (κ2) is 8.65. The van der Waals surface area contributed by atoms with Crippen LogP contribution in [0.3, 0.4) is 0 Å².